The van der Waals surface area contributed by atoms with Gasteiger partial charge < -0.3 is 9.84 Å². The number of rotatable bonds is 5. The molecule has 2 heteroatoms. The van der Waals surface area contributed by atoms with Crippen molar-refractivity contribution in [3.05, 3.63) is 0 Å². The zero-order valence-corrected chi connectivity index (χ0v) is 11.4. The van der Waals surface area contributed by atoms with Gasteiger partial charge in [0.1, 0.15) is 0 Å². The quantitative estimate of drug-likeness (QED) is 0.783. The van der Waals surface area contributed by atoms with E-state index in [1.54, 1.807) is 0 Å². The van der Waals surface area contributed by atoms with Crippen LogP contribution < -0.4 is 0 Å². The fourth-order valence-corrected chi connectivity index (χ4v) is 3.14. The summed E-state index contributed by atoms with van der Waals surface area (Å²) in [5, 5.41) is 10.3. The summed E-state index contributed by atoms with van der Waals surface area (Å²) in [6.07, 6.45) is 3.63. The van der Waals surface area contributed by atoms with Crippen LogP contribution in [0.5, 0.6) is 0 Å². The van der Waals surface area contributed by atoms with Gasteiger partial charge in [-0.3, -0.25) is 0 Å². The highest BCUT2D eigenvalue weighted by Crippen LogP contribution is 2.36. The normalized spacial score (nSPS) is 38.6. The third-order valence-electron chi connectivity index (χ3n) is 4.19. The van der Waals surface area contributed by atoms with Crippen LogP contribution >= 0.6 is 0 Å². The van der Waals surface area contributed by atoms with Gasteiger partial charge in [0.2, 0.25) is 0 Å². The number of aliphatic hydroxyl groups is 1. The predicted octanol–water partition coefficient (Wildman–Crippen LogP) is 3.23. The Balaban J connectivity index is 2.49. The molecule has 2 nitrogen and oxygen atoms in total. The maximum absolute atomic E-state index is 10.3. The Morgan fingerprint density at radius 2 is 1.81 bits per heavy atom. The van der Waals surface area contributed by atoms with Crippen molar-refractivity contribution in [2.75, 3.05) is 0 Å². The number of aliphatic hydroxyl groups excluding tert-OH is 1. The Labute approximate surface area is 100 Å². The first kappa shape index (κ1) is 14.0. The highest BCUT2D eigenvalue weighted by molar-refractivity contribution is 4.88. The third-order valence-corrected chi connectivity index (χ3v) is 4.19. The lowest BCUT2D eigenvalue weighted by molar-refractivity contribution is 0.0157. The van der Waals surface area contributed by atoms with Crippen LogP contribution in [0.2, 0.25) is 0 Å². The van der Waals surface area contributed by atoms with E-state index in [9.17, 15) is 5.11 Å². The van der Waals surface area contributed by atoms with Gasteiger partial charge in [-0.2, -0.15) is 0 Å². The maximum atomic E-state index is 10.3. The van der Waals surface area contributed by atoms with Crippen LogP contribution in [0.15, 0.2) is 0 Å². The molecular formula is C14H28O2. The molecule has 1 fully saturated rings. The van der Waals surface area contributed by atoms with Crippen LogP contribution in [0, 0.1) is 17.8 Å². The monoisotopic (exact) mass is 228 g/mol. The zero-order chi connectivity index (χ0) is 12.3. The van der Waals surface area contributed by atoms with Gasteiger partial charge in [-0.15, -0.1) is 0 Å². The Kier molecular flexibility index (Phi) is 5.26. The van der Waals surface area contributed by atoms with Gasteiger partial charge in [0.15, 0.2) is 0 Å². The molecule has 0 aromatic heterocycles. The molecule has 0 bridgehead atoms. The molecular weight excluding hydrogens is 200 g/mol. The Morgan fingerprint density at radius 1 is 1.19 bits per heavy atom. The molecule has 1 saturated heterocycles. The van der Waals surface area contributed by atoms with Crippen LogP contribution in [0.1, 0.15) is 53.9 Å². The van der Waals surface area contributed by atoms with E-state index in [4.69, 9.17) is 4.74 Å². The van der Waals surface area contributed by atoms with E-state index in [-0.39, 0.29) is 18.3 Å². The molecule has 0 spiro atoms. The summed E-state index contributed by atoms with van der Waals surface area (Å²) in [5.41, 5.74) is 0. The topological polar surface area (TPSA) is 29.5 Å². The minimum absolute atomic E-state index is 0.198. The maximum Gasteiger partial charge on any atom is 0.0607 e. The van der Waals surface area contributed by atoms with Crippen LogP contribution in [0.4, 0.5) is 0 Å². The fourth-order valence-electron chi connectivity index (χ4n) is 3.14. The van der Waals surface area contributed by atoms with Crippen molar-refractivity contribution >= 4 is 0 Å². The molecule has 0 amide bonds. The summed E-state index contributed by atoms with van der Waals surface area (Å²) in [6, 6.07) is 0. The molecule has 1 N–H and O–H groups in total. The van der Waals surface area contributed by atoms with E-state index in [0.29, 0.717) is 17.8 Å². The summed E-state index contributed by atoms with van der Waals surface area (Å²) in [7, 11) is 0. The van der Waals surface area contributed by atoms with Crippen molar-refractivity contribution in [1.82, 2.24) is 0 Å². The minimum Gasteiger partial charge on any atom is -0.393 e. The lowest BCUT2D eigenvalue weighted by Gasteiger charge is -2.26. The molecule has 1 heterocycles. The number of hydrogen-bond acceptors (Lipinski definition) is 2. The summed E-state index contributed by atoms with van der Waals surface area (Å²) >= 11 is 0. The highest BCUT2D eigenvalue weighted by Gasteiger charge is 2.41. The van der Waals surface area contributed by atoms with Crippen molar-refractivity contribution in [1.29, 1.82) is 0 Å². The lowest BCUT2D eigenvalue weighted by Crippen LogP contribution is -2.32. The molecule has 1 rings (SSSR count). The molecule has 1 aliphatic rings. The summed E-state index contributed by atoms with van der Waals surface area (Å²) in [4.78, 5) is 0. The van der Waals surface area contributed by atoms with Gasteiger partial charge in [0.25, 0.3) is 0 Å². The standard InChI is InChI=1S/C14H28O2/c1-6-7-9(2)8-13(15)14-10(3)11(4)16-12(14)5/h9-15H,6-8H2,1-5H3. The van der Waals surface area contributed by atoms with Crippen molar-refractivity contribution in [3.63, 3.8) is 0 Å². The van der Waals surface area contributed by atoms with E-state index >= 15 is 0 Å². The first-order chi connectivity index (χ1) is 7.47. The molecule has 0 aromatic rings. The molecule has 6 atom stereocenters. The van der Waals surface area contributed by atoms with E-state index in [0.717, 1.165) is 6.42 Å². The van der Waals surface area contributed by atoms with Crippen LogP contribution in [0.3, 0.4) is 0 Å². The smallest absolute Gasteiger partial charge is 0.0607 e. The minimum atomic E-state index is -0.198. The largest absolute Gasteiger partial charge is 0.393 e. The van der Waals surface area contributed by atoms with Crippen LogP contribution in [-0.4, -0.2) is 23.4 Å². The van der Waals surface area contributed by atoms with Crippen LogP contribution in [0.25, 0.3) is 0 Å². The van der Waals surface area contributed by atoms with Gasteiger partial charge >= 0.3 is 0 Å². The van der Waals surface area contributed by atoms with Gasteiger partial charge in [-0.1, -0.05) is 33.6 Å². The summed E-state index contributed by atoms with van der Waals surface area (Å²) in [5.74, 6) is 1.41. The Hall–Kier alpha value is -0.0800. The van der Waals surface area contributed by atoms with Crippen molar-refractivity contribution in [3.8, 4) is 0 Å². The second-order valence-corrected chi connectivity index (χ2v) is 5.68. The highest BCUT2D eigenvalue weighted by atomic mass is 16.5. The van der Waals surface area contributed by atoms with Gasteiger partial charge in [0, 0.05) is 5.92 Å². The average Bonchev–Trinajstić information content (AvgIpc) is 2.41. The molecule has 0 saturated carbocycles. The second kappa shape index (κ2) is 6.02. The van der Waals surface area contributed by atoms with Crippen molar-refractivity contribution < 1.29 is 9.84 Å². The molecule has 0 aliphatic carbocycles. The van der Waals surface area contributed by atoms with Crippen LogP contribution in [-0.2, 0) is 4.74 Å². The lowest BCUT2D eigenvalue weighted by atomic mass is 9.81. The summed E-state index contributed by atoms with van der Waals surface area (Å²) in [6.45, 7) is 10.9. The SMILES string of the molecule is CCCC(C)CC(O)C1C(C)OC(C)C1C. The third kappa shape index (κ3) is 3.21. The number of hydrogen-bond donors (Lipinski definition) is 1. The zero-order valence-electron chi connectivity index (χ0n) is 11.4. The van der Waals surface area contributed by atoms with E-state index < -0.39 is 0 Å². The van der Waals surface area contributed by atoms with E-state index in [2.05, 4.69) is 34.6 Å². The Bertz CT molecular complexity index is 205. The van der Waals surface area contributed by atoms with Crippen molar-refractivity contribution in [2.45, 2.75) is 72.2 Å². The van der Waals surface area contributed by atoms with Gasteiger partial charge in [-0.05, 0) is 32.1 Å². The predicted molar refractivity (Wildman–Crippen MR) is 67.4 cm³/mol. The first-order valence-corrected chi connectivity index (χ1v) is 6.80. The summed E-state index contributed by atoms with van der Waals surface area (Å²) < 4.78 is 5.79. The van der Waals surface area contributed by atoms with Gasteiger partial charge in [0.05, 0.1) is 18.3 Å². The second-order valence-electron chi connectivity index (χ2n) is 5.68. The molecule has 0 radical (unpaired) electrons. The average molecular weight is 228 g/mol. The molecule has 16 heavy (non-hydrogen) atoms. The van der Waals surface area contributed by atoms with Gasteiger partial charge in [-0.25, -0.2) is 0 Å². The van der Waals surface area contributed by atoms with E-state index in [1.807, 2.05) is 0 Å². The molecule has 6 unspecified atom stereocenters. The van der Waals surface area contributed by atoms with E-state index in [1.165, 1.54) is 12.8 Å². The molecule has 1 aliphatic heterocycles. The fraction of sp³-hybridized carbons (Fsp3) is 1.00. The Morgan fingerprint density at radius 3 is 2.25 bits per heavy atom. The van der Waals surface area contributed by atoms with Crippen molar-refractivity contribution in [2.24, 2.45) is 17.8 Å². The first-order valence-electron chi connectivity index (χ1n) is 6.80. The molecule has 96 valence electrons. The molecule has 0 aromatic carbocycles. The number of ether oxygens (including phenoxy) is 1.